The minimum atomic E-state index is -0.438. The Bertz CT molecular complexity index is 876. The minimum Gasteiger partial charge on any atom is -0.454 e. The van der Waals surface area contributed by atoms with Crippen LogP contribution < -0.4 is 0 Å². The monoisotopic (exact) mass is 386 g/mol. The van der Waals surface area contributed by atoms with Crippen molar-refractivity contribution in [2.24, 2.45) is 0 Å². The van der Waals surface area contributed by atoms with Crippen molar-refractivity contribution in [3.63, 3.8) is 0 Å². The summed E-state index contributed by atoms with van der Waals surface area (Å²) in [5.41, 5.74) is 2.45. The second kappa shape index (κ2) is 7.68. The summed E-state index contributed by atoms with van der Waals surface area (Å²) in [5.74, 6) is -0.843. The molecule has 142 valence electrons. The molecular formula is C20H22N2O4S. The molecule has 0 spiro atoms. The quantitative estimate of drug-likeness (QED) is 0.632. The van der Waals surface area contributed by atoms with Crippen LogP contribution in [0.1, 0.15) is 67.3 Å². The molecule has 0 atom stereocenters. The summed E-state index contributed by atoms with van der Waals surface area (Å²) in [5, 5.41) is 1.84. The molecule has 1 aliphatic carbocycles. The first-order valence-corrected chi connectivity index (χ1v) is 10.3. The molecule has 0 saturated carbocycles. The van der Waals surface area contributed by atoms with E-state index in [9.17, 15) is 14.4 Å². The van der Waals surface area contributed by atoms with Gasteiger partial charge in [-0.3, -0.25) is 9.59 Å². The summed E-state index contributed by atoms with van der Waals surface area (Å²) in [7, 11) is 0. The number of ether oxygens (including phenoxy) is 1. The number of carbonyl (C=O) groups excluding carboxylic acids is 3. The zero-order chi connectivity index (χ0) is 18.8. The van der Waals surface area contributed by atoms with E-state index in [1.54, 1.807) is 22.3 Å². The van der Waals surface area contributed by atoms with E-state index in [0.717, 1.165) is 57.2 Å². The molecule has 27 heavy (non-hydrogen) atoms. The SMILES string of the molecule is O=C(COC(=O)c1csc2c1CCCC2)c1c[nH]c(C(=O)N2CCCC2)c1. The first kappa shape index (κ1) is 18.0. The van der Waals surface area contributed by atoms with Crippen LogP contribution in [0.15, 0.2) is 17.6 Å². The zero-order valence-corrected chi connectivity index (χ0v) is 15.9. The number of likely N-dealkylation sites (tertiary alicyclic amines) is 1. The van der Waals surface area contributed by atoms with Gasteiger partial charge in [0.05, 0.1) is 5.56 Å². The molecule has 0 unspecified atom stereocenters. The fourth-order valence-corrected chi connectivity index (χ4v) is 4.84. The topological polar surface area (TPSA) is 79.5 Å². The number of carbonyl (C=O) groups is 3. The first-order valence-electron chi connectivity index (χ1n) is 9.41. The van der Waals surface area contributed by atoms with Gasteiger partial charge in [0.1, 0.15) is 5.69 Å². The molecule has 2 aromatic heterocycles. The van der Waals surface area contributed by atoms with Crippen LogP contribution in [-0.2, 0) is 17.6 Å². The number of aromatic nitrogens is 1. The van der Waals surface area contributed by atoms with Crippen LogP contribution >= 0.6 is 11.3 Å². The number of nitrogens with zero attached hydrogens (tertiary/aromatic N) is 1. The van der Waals surface area contributed by atoms with E-state index in [1.165, 1.54) is 11.1 Å². The molecule has 0 radical (unpaired) electrons. The van der Waals surface area contributed by atoms with Gasteiger partial charge < -0.3 is 14.6 Å². The third-order valence-corrected chi connectivity index (χ3v) is 6.33. The lowest BCUT2D eigenvalue weighted by Crippen LogP contribution is -2.27. The Morgan fingerprint density at radius 2 is 1.89 bits per heavy atom. The number of aryl methyl sites for hydroxylation is 1. The molecule has 1 N–H and O–H groups in total. The zero-order valence-electron chi connectivity index (χ0n) is 15.1. The van der Waals surface area contributed by atoms with Crippen molar-refractivity contribution in [1.82, 2.24) is 9.88 Å². The van der Waals surface area contributed by atoms with E-state index in [1.807, 2.05) is 5.38 Å². The van der Waals surface area contributed by atoms with Gasteiger partial charge in [-0.05, 0) is 50.2 Å². The number of hydrogen-bond acceptors (Lipinski definition) is 5. The highest BCUT2D eigenvalue weighted by molar-refractivity contribution is 7.10. The van der Waals surface area contributed by atoms with Crippen LogP contribution in [-0.4, -0.2) is 47.2 Å². The summed E-state index contributed by atoms with van der Waals surface area (Å²) in [6, 6.07) is 1.54. The molecule has 6 nitrogen and oxygen atoms in total. The number of aromatic amines is 1. The maximum Gasteiger partial charge on any atom is 0.339 e. The number of Topliss-reactive ketones (excluding diaryl/α,β-unsaturated/α-hetero) is 1. The Hall–Kier alpha value is -2.41. The number of amides is 1. The van der Waals surface area contributed by atoms with E-state index < -0.39 is 5.97 Å². The highest BCUT2D eigenvalue weighted by Crippen LogP contribution is 2.30. The molecule has 1 fully saturated rings. The third-order valence-electron chi connectivity index (χ3n) is 5.24. The summed E-state index contributed by atoms with van der Waals surface area (Å²) in [6.07, 6.45) is 7.69. The number of esters is 1. The van der Waals surface area contributed by atoms with Crippen molar-refractivity contribution in [2.75, 3.05) is 19.7 Å². The van der Waals surface area contributed by atoms with Gasteiger partial charge in [-0.25, -0.2) is 4.79 Å². The Morgan fingerprint density at radius 1 is 1.11 bits per heavy atom. The summed E-state index contributed by atoms with van der Waals surface area (Å²) >= 11 is 1.60. The van der Waals surface area contributed by atoms with Gasteiger partial charge in [-0.1, -0.05) is 0 Å². The lowest BCUT2D eigenvalue weighted by molar-refractivity contribution is 0.0474. The van der Waals surface area contributed by atoms with Crippen LogP contribution in [0.25, 0.3) is 0 Å². The number of ketones is 1. The molecule has 0 bridgehead atoms. The normalized spacial score (nSPS) is 16.2. The largest absolute Gasteiger partial charge is 0.454 e. The van der Waals surface area contributed by atoms with Crippen molar-refractivity contribution >= 4 is 29.0 Å². The van der Waals surface area contributed by atoms with Gasteiger partial charge in [-0.15, -0.1) is 11.3 Å². The summed E-state index contributed by atoms with van der Waals surface area (Å²) in [4.78, 5) is 43.0. The predicted octanol–water partition coefficient (Wildman–Crippen LogP) is 3.23. The fourth-order valence-electron chi connectivity index (χ4n) is 3.73. The lowest BCUT2D eigenvalue weighted by atomic mass is 9.96. The van der Waals surface area contributed by atoms with Crippen LogP contribution in [0, 0.1) is 0 Å². The van der Waals surface area contributed by atoms with Crippen LogP contribution in [0.2, 0.25) is 0 Å². The second-order valence-corrected chi connectivity index (χ2v) is 8.02. The van der Waals surface area contributed by atoms with Crippen molar-refractivity contribution in [3.05, 3.63) is 44.9 Å². The van der Waals surface area contributed by atoms with Crippen molar-refractivity contribution in [2.45, 2.75) is 38.5 Å². The van der Waals surface area contributed by atoms with Crippen molar-refractivity contribution in [3.8, 4) is 0 Å². The highest BCUT2D eigenvalue weighted by atomic mass is 32.1. The fraction of sp³-hybridized carbons (Fsp3) is 0.450. The Kier molecular flexibility index (Phi) is 5.11. The lowest BCUT2D eigenvalue weighted by Gasteiger charge is -2.13. The van der Waals surface area contributed by atoms with Crippen LogP contribution in [0.5, 0.6) is 0 Å². The van der Waals surface area contributed by atoms with E-state index in [2.05, 4.69) is 4.98 Å². The molecular weight excluding hydrogens is 364 g/mol. The average molecular weight is 386 g/mol. The number of thiophene rings is 1. The number of H-pyrrole nitrogens is 1. The molecule has 1 aliphatic heterocycles. The van der Waals surface area contributed by atoms with Gasteiger partial charge in [0.15, 0.2) is 6.61 Å². The van der Waals surface area contributed by atoms with Crippen LogP contribution in [0.4, 0.5) is 0 Å². The first-order chi connectivity index (χ1) is 13.1. The minimum absolute atomic E-state index is 0.0894. The van der Waals surface area contributed by atoms with E-state index >= 15 is 0 Å². The van der Waals surface area contributed by atoms with Gasteiger partial charge in [0.25, 0.3) is 5.91 Å². The van der Waals surface area contributed by atoms with E-state index in [0.29, 0.717) is 16.8 Å². The molecule has 2 aromatic rings. The van der Waals surface area contributed by atoms with Gasteiger partial charge in [-0.2, -0.15) is 0 Å². The molecule has 7 heteroatoms. The standard InChI is InChI=1S/C20H22N2O4S/c23-17(13-9-16(21-10-13)19(24)22-7-3-4-8-22)11-26-20(25)15-12-27-18-6-2-1-5-14(15)18/h9-10,12,21H,1-8,11H2. The molecule has 1 amide bonds. The molecule has 1 saturated heterocycles. The van der Waals surface area contributed by atoms with E-state index in [-0.39, 0.29) is 18.3 Å². The Morgan fingerprint density at radius 3 is 2.70 bits per heavy atom. The number of fused-ring (bicyclic) bond motifs is 1. The van der Waals surface area contributed by atoms with Gasteiger partial charge in [0, 0.05) is 35.1 Å². The number of rotatable bonds is 5. The van der Waals surface area contributed by atoms with Crippen molar-refractivity contribution in [1.29, 1.82) is 0 Å². The predicted molar refractivity (Wildman–Crippen MR) is 102 cm³/mol. The third kappa shape index (κ3) is 3.69. The molecule has 4 rings (SSSR count). The summed E-state index contributed by atoms with van der Waals surface area (Å²) in [6.45, 7) is 1.19. The number of hydrogen-bond donors (Lipinski definition) is 1. The maximum atomic E-state index is 12.4. The molecule has 2 aliphatic rings. The summed E-state index contributed by atoms with van der Waals surface area (Å²) < 4.78 is 5.25. The van der Waals surface area contributed by atoms with Crippen LogP contribution in [0.3, 0.4) is 0 Å². The Labute approximate surface area is 161 Å². The van der Waals surface area contributed by atoms with Gasteiger partial charge in [0.2, 0.25) is 5.78 Å². The smallest absolute Gasteiger partial charge is 0.339 e. The Balaban J connectivity index is 1.36. The second-order valence-electron chi connectivity index (χ2n) is 7.06. The molecule has 0 aromatic carbocycles. The highest BCUT2D eigenvalue weighted by Gasteiger charge is 2.24. The number of nitrogens with one attached hydrogen (secondary N) is 1. The van der Waals surface area contributed by atoms with Gasteiger partial charge >= 0.3 is 5.97 Å². The maximum absolute atomic E-state index is 12.4. The van der Waals surface area contributed by atoms with Crippen molar-refractivity contribution < 1.29 is 19.1 Å². The average Bonchev–Trinajstić information content (AvgIpc) is 3.45. The van der Waals surface area contributed by atoms with E-state index in [4.69, 9.17) is 4.74 Å². The molecule has 3 heterocycles.